The number of halogens is 3. The van der Waals surface area contributed by atoms with Gasteiger partial charge in [-0.25, -0.2) is 9.97 Å². The summed E-state index contributed by atoms with van der Waals surface area (Å²) in [6.45, 7) is 0.555. The number of carbonyl (C=O) groups excluding carboxylic acids is 1. The summed E-state index contributed by atoms with van der Waals surface area (Å²) < 4.78 is 39.6. The Labute approximate surface area is 165 Å². The average molecular weight is 398 g/mol. The van der Waals surface area contributed by atoms with Crippen molar-refractivity contribution in [2.24, 2.45) is 0 Å². The minimum Gasteiger partial charge on any atom is -0.324 e. The maximum absolute atomic E-state index is 13.2. The first-order valence-corrected chi connectivity index (χ1v) is 9.09. The third kappa shape index (κ3) is 3.91. The first-order valence-electron chi connectivity index (χ1n) is 9.09. The van der Waals surface area contributed by atoms with Crippen molar-refractivity contribution in [1.29, 1.82) is 0 Å². The van der Waals surface area contributed by atoms with Crippen LogP contribution in [0, 0.1) is 0 Å². The molecular weight excluding hydrogens is 381 g/mol. The van der Waals surface area contributed by atoms with Crippen molar-refractivity contribution in [1.82, 2.24) is 9.97 Å². The highest BCUT2D eigenvalue weighted by atomic mass is 19.4. The van der Waals surface area contributed by atoms with Crippen LogP contribution in [0.25, 0.3) is 0 Å². The van der Waals surface area contributed by atoms with Gasteiger partial charge in [-0.1, -0.05) is 30.3 Å². The number of fused-ring (bicyclic) bond motifs is 1. The highest BCUT2D eigenvalue weighted by Gasteiger charge is 2.33. The number of carbonyl (C=O) groups is 1. The van der Waals surface area contributed by atoms with Crippen molar-refractivity contribution in [2.75, 3.05) is 16.8 Å². The number of alkyl halides is 3. The number of nitrogens with zero attached hydrogens (tertiary/aromatic N) is 3. The van der Waals surface area contributed by atoms with E-state index in [0.717, 1.165) is 30.2 Å². The van der Waals surface area contributed by atoms with Crippen molar-refractivity contribution in [3.63, 3.8) is 0 Å². The maximum Gasteiger partial charge on any atom is 0.418 e. The lowest BCUT2D eigenvalue weighted by molar-refractivity contribution is -0.136. The van der Waals surface area contributed by atoms with Crippen LogP contribution in [0.15, 0.2) is 60.8 Å². The Bertz CT molecular complexity index is 1050. The molecule has 1 N–H and O–H groups in total. The van der Waals surface area contributed by atoms with Gasteiger partial charge >= 0.3 is 6.18 Å². The van der Waals surface area contributed by atoms with E-state index in [0.29, 0.717) is 6.54 Å². The normalized spacial score (nSPS) is 13.7. The molecule has 1 aromatic heterocycles. The molecule has 3 aromatic rings. The van der Waals surface area contributed by atoms with Crippen molar-refractivity contribution in [2.45, 2.75) is 19.0 Å². The lowest BCUT2D eigenvalue weighted by Gasteiger charge is -2.29. The minimum absolute atomic E-state index is 0.0714. The summed E-state index contributed by atoms with van der Waals surface area (Å²) >= 11 is 0. The summed E-state index contributed by atoms with van der Waals surface area (Å²) in [5, 5.41) is 2.58. The Balaban J connectivity index is 1.62. The van der Waals surface area contributed by atoms with Crippen molar-refractivity contribution in [3.05, 3.63) is 77.6 Å². The second kappa shape index (κ2) is 7.54. The third-order valence-electron chi connectivity index (χ3n) is 4.71. The van der Waals surface area contributed by atoms with Gasteiger partial charge in [-0.05, 0) is 42.7 Å². The lowest BCUT2D eigenvalue weighted by atomic mass is 10.0. The van der Waals surface area contributed by atoms with Crippen LogP contribution >= 0.6 is 0 Å². The number of rotatable bonds is 3. The number of para-hydroxylation sites is 2. The molecule has 0 atom stereocenters. The van der Waals surface area contributed by atoms with Crippen molar-refractivity contribution >= 4 is 23.2 Å². The van der Waals surface area contributed by atoms with E-state index < -0.39 is 11.7 Å². The van der Waals surface area contributed by atoms with E-state index in [1.54, 1.807) is 4.90 Å². The van der Waals surface area contributed by atoms with E-state index in [9.17, 15) is 18.0 Å². The Morgan fingerprint density at radius 1 is 1.03 bits per heavy atom. The molecule has 4 rings (SSSR count). The molecule has 2 aromatic carbocycles. The topological polar surface area (TPSA) is 58.1 Å². The molecular formula is C21H17F3N4O. The standard InChI is InChI=1S/C21H17F3N4O/c22-21(23,24)15-8-2-3-9-16(15)26-20-25-12-11-17(27-20)19(29)28-13-5-7-14-6-1-4-10-18(14)28/h1-4,6,8-12H,5,7,13H2,(H,25,26,27). The fourth-order valence-corrected chi connectivity index (χ4v) is 3.38. The summed E-state index contributed by atoms with van der Waals surface area (Å²) in [6, 6.07) is 14.2. The summed E-state index contributed by atoms with van der Waals surface area (Å²) in [7, 11) is 0. The molecule has 1 aliphatic rings. The Morgan fingerprint density at radius 3 is 2.62 bits per heavy atom. The van der Waals surface area contributed by atoms with Gasteiger partial charge in [-0.15, -0.1) is 0 Å². The van der Waals surface area contributed by atoms with E-state index >= 15 is 0 Å². The largest absolute Gasteiger partial charge is 0.418 e. The highest BCUT2D eigenvalue weighted by molar-refractivity contribution is 6.05. The van der Waals surface area contributed by atoms with Crippen LogP contribution in [0.1, 0.15) is 28.0 Å². The van der Waals surface area contributed by atoms with Crippen molar-refractivity contribution in [3.8, 4) is 0 Å². The molecule has 29 heavy (non-hydrogen) atoms. The molecule has 5 nitrogen and oxygen atoms in total. The first-order chi connectivity index (χ1) is 13.9. The molecule has 148 valence electrons. The van der Waals surface area contributed by atoms with Gasteiger partial charge in [0.25, 0.3) is 5.91 Å². The summed E-state index contributed by atoms with van der Waals surface area (Å²) in [5.74, 6) is -0.385. The molecule has 2 heterocycles. The molecule has 0 aliphatic carbocycles. The maximum atomic E-state index is 13.2. The van der Waals surface area contributed by atoms with Gasteiger partial charge in [-0.2, -0.15) is 13.2 Å². The number of hydrogen-bond acceptors (Lipinski definition) is 4. The zero-order valence-corrected chi connectivity index (χ0v) is 15.3. The van der Waals surface area contributed by atoms with Gasteiger partial charge in [0, 0.05) is 18.4 Å². The van der Waals surface area contributed by atoms with Crippen LogP contribution in [0.5, 0.6) is 0 Å². The highest BCUT2D eigenvalue weighted by Crippen LogP contribution is 2.35. The zero-order valence-electron chi connectivity index (χ0n) is 15.3. The number of anilines is 3. The van der Waals surface area contributed by atoms with Gasteiger partial charge in [0.05, 0.1) is 11.3 Å². The second-order valence-electron chi connectivity index (χ2n) is 6.62. The predicted molar refractivity (Wildman–Crippen MR) is 103 cm³/mol. The van der Waals surface area contributed by atoms with E-state index in [4.69, 9.17) is 0 Å². The van der Waals surface area contributed by atoms with Crippen LogP contribution in [-0.4, -0.2) is 22.4 Å². The van der Waals surface area contributed by atoms with E-state index in [2.05, 4.69) is 15.3 Å². The zero-order chi connectivity index (χ0) is 20.4. The Hall–Kier alpha value is -3.42. The quantitative estimate of drug-likeness (QED) is 0.687. The SMILES string of the molecule is O=C(c1ccnc(Nc2ccccc2C(F)(F)F)n1)N1CCCc2ccccc21. The van der Waals surface area contributed by atoms with Crippen LogP contribution in [0.3, 0.4) is 0 Å². The van der Waals surface area contributed by atoms with Gasteiger partial charge in [-0.3, -0.25) is 4.79 Å². The predicted octanol–water partition coefficient (Wildman–Crippen LogP) is 4.83. The molecule has 8 heteroatoms. The van der Waals surface area contributed by atoms with Gasteiger partial charge in [0.2, 0.25) is 5.95 Å². The number of aromatic nitrogens is 2. The molecule has 0 unspecified atom stereocenters. The fourth-order valence-electron chi connectivity index (χ4n) is 3.38. The molecule has 1 amide bonds. The molecule has 1 aliphatic heterocycles. The number of benzene rings is 2. The first kappa shape index (κ1) is 18.9. The lowest BCUT2D eigenvalue weighted by Crippen LogP contribution is -2.36. The van der Waals surface area contributed by atoms with E-state index in [1.165, 1.54) is 30.5 Å². The monoisotopic (exact) mass is 398 g/mol. The summed E-state index contributed by atoms with van der Waals surface area (Å²) in [5.41, 5.74) is 1.03. The Morgan fingerprint density at radius 2 is 1.79 bits per heavy atom. The summed E-state index contributed by atoms with van der Waals surface area (Å²) in [6.07, 6.45) is -1.44. The number of aryl methyl sites for hydroxylation is 1. The fraction of sp³-hybridized carbons (Fsp3) is 0.190. The van der Waals surface area contributed by atoms with Gasteiger partial charge in [0.15, 0.2) is 0 Å². The second-order valence-corrected chi connectivity index (χ2v) is 6.62. The number of amides is 1. The van der Waals surface area contributed by atoms with Crippen LogP contribution in [-0.2, 0) is 12.6 Å². The smallest absolute Gasteiger partial charge is 0.324 e. The van der Waals surface area contributed by atoms with E-state index in [1.807, 2.05) is 24.3 Å². The van der Waals surface area contributed by atoms with Crippen LogP contribution in [0.4, 0.5) is 30.5 Å². The molecule has 0 saturated carbocycles. The van der Waals surface area contributed by atoms with E-state index in [-0.39, 0.29) is 23.2 Å². The minimum atomic E-state index is -4.52. The van der Waals surface area contributed by atoms with Crippen molar-refractivity contribution < 1.29 is 18.0 Å². The number of hydrogen-bond donors (Lipinski definition) is 1. The number of nitrogens with one attached hydrogen (secondary N) is 1. The average Bonchev–Trinajstić information content (AvgIpc) is 2.73. The molecule has 0 fully saturated rings. The summed E-state index contributed by atoms with van der Waals surface area (Å²) in [4.78, 5) is 22.8. The molecule has 0 saturated heterocycles. The van der Waals surface area contributed by atoms with Crippen LogP contribution < -0.4 is 10.2 Å². The third-order valence-corrected chi connectivity index (χ3v) is 4.71. The van der Waals surface area contributed by atoms with Gasteiger partial charge in [0.1, 0.15) is 5.69 Å². The molecule has 0 spiro atoms. The molecule has 0 radical (unpaired) electrons. The molecule has 0 bridgehead atoms. The Kier molecular flexibility index (Phi) is 4.92. The van der Waals surface area contributed by atoms with Gasteiger partial charge < -0.3 is 10.2 Å². The van der Waals surface area contributed by atoms with Crippen LogP contribution in [0.2, 0.25) is 0 Å².